The number of benzene rings is 4. The first-order chi connectivity index (χ1) is 26.1. The molecule has 6 aliphatic rings. The van der Waals surface area contributed by atoms with E-state index in [9.17, 15) is 0 Å². The Morgan fingerprint density at radius 3 is 1.70 bits per heavy atom. The lowest BCUT2D eigenvalue weighted by Gasteiger charge is -2.52. The van der Waals surface area contributed by atoms with Crippen LogP contribution in [0.25, 0.3) is 0 Å². The molecule has 3 unspecified atom stereocenters. The van der Waals surface area contributed by atoms with E-state index in [4.69, 9.17) is 0 Å². The number of aryl methyl sites for hydroxylation is 4. The molecule has 282 valence electrons. The maximum Gasteiger partial charge on any atom is 0.0132 e. The van der Waals surface area contributed by atoms with Crippen molar-refractivity contribution in [3.8, 4) is 0 Å². The van der Waals surface area contributed by atoms with Gasteiger partial charge in [-0.1, -0.05) is 130 Å². The fraction of sp³-hybridized carbons (Fsp3) is 0.538. The van der Waals surface area contributed by atoms with Gasteiger partial charge in [0.2, 0.25) is 0 Å². The molecule has 0 spiro atoms. The van der Waals surface area contributed by atoms with Crippen molar-refractivity contribution >= 4 is 15.8 Å². The van der Waals surface area contributed by atoms with Crippen LogP contribution in [0.5, 0.6) is 0 Å². The summed E-state index contributed by atoms with van der Waals surface area (Å²) in [6, 6.07) is 30.3. The van der Waals surface area contributed by atoms with E-state index in [0.29, 0.717) is 29.1 Å². The minimum atomic E-state index is -0.338. The van der Waals surface area contributed by atoms with Crippen LogP contribution >= 0.6 is 15.8 Å². The number of hydrogen-bond donors (Lipinski definition) is 0. The SMILES string of the molecule is CC(C)(C)[P@]1C[C@@H]2CCc3ccccc3C2c2c(ccc3c2CCCC3)C1[C@@H]1[C@@H]2CCc3ccccc3C2c2c(ccc3c2CCCC3)C[P@@]1C(C)(C)C. The van der Waals surface area contributed by atoms with Gasteiger partial charge in [0.15, 0.2) is 0 Å². The zero-order valence-corrected chi connectivity index (χ0v) is 36.0. The zero-order valence-electron chi connectivity index (χ0n) is 34.2. The van der Waals surface area contributed by atoms with E-state index in [-0.39, 0.29) is 26.2 Å². The first-order valence-electron chi connectivity index (χ1n) is 22.0. The number of fused-ring (bicyclic) bond motifs is 14. The van der Waals surface area contributed by atoms with Crippen LogP contribution in [0, 0.1) is 11.8 Å². The van der Waals surface area contributed by atoms with Crippen molar-refractivity contribution < 1.29 is 0 Å². The lowest BCUT2D eigenvalue weighted by atomic mass is 9.65. The Morgan fingerprint density at radius 1 is 0.481 bits per heavy atom. The molecule has 4 aromatic rings. The van der Waals surface area contributed by atoms with Gasteiger partial charge in [-0.2, -0.15) is 0 Å². The monoisotopic (exact) mass is 750 g/mol. The van der Waals surface area contributed by atoms with E-state index >= 15 is 0 Å². The van der Waals surface area contributed by atoms with Crippen molar-refractivity contribution in [1.29, 1.82) is 0 Å². The molecule has 2 heterocycles. The fourth-order valence-corrected chi connectivity index (χ4v) is 21.2. The van der Waals surface area contributed by atoms with Crippen molar-refractivity contribution in [3.05, 3.63) is 140 Å². The summed E-state index contributed by atoms with van der Waals surface area (Å²) >= 11 is 0. The van der Waals surface area contributed by atoms with E-state index in [1.54, 1.807) is 50.1 Å². The highest BCUT2D eigenvalue weighted by molar-refractivity contribution is 7.63. The van der Waals surface area contributed by atoms with Gasteiger partial charge in [-0.25, -0.2) is 0 Å². The topological polar surface area (TPSA) is 0 Å². The molecule has 8 atom stereocenters. The average Bonchev–Trinajstić information content (AvgIpc) is 3.43. The van der Waals surface area contributed by atoms with Crippen molar-refractivity contribution in [2.45, 2.75) is 158 Å². The lowest BCUT2D eigenvalue weighted by molar-refractivity contribution is 0.381. The highest BCUT2D eigenvalue weighted by Gasteiger charge is 2.55. The van der Waals surface area contributed by atoms with E-state index in [0.717, 1.165) is 5.92 Å². The molecule has 0 N–H and O–H groups in total. The van der Waals surface area contributed by atoms with Crippen molar-refractivity contribution in [3.63, 3.8) is 0 Å². The first kappa shape index (κ1) is 36.1. The quantitative estimate of drug-likeness (QED) is 0.170. The Kier molecular flexibility index (Phi) is 9.16. The predicted octanol–water partition coefficient (Wildman–Crippen LogP) is 14.0. The van der Waals surface area contributed by atoms with E-state index in [1.165, 1.54) is 89.4 Å². The third kappa shape index (κ3) is 5.88. The van der Waals surface area contributed by atoms with E-state index in [2.05, 4.69) is 114 Å². The summed E-state index contributed by atoms with van der Waals surface area (Å²) in [5, 5.41) is 0.566. The number of hydrogen-bond acceptors (Lipinski definition) is 0. The minimum absolute atomic E-state index is 0.276. The molecule has 0 nitrogen and oxygen atoms in total. The zero-order chi connectivity index (χ0) is 36.9. The summed E-state index contributed by atoms with van der Waals surface area (Å²) in [7, 11) is -0.650. The summed E-state index contributed by atoms with van der Waals surface area (Å²) in [5.74, 6) is 2.53. The predicted molar refractivity (Wildman–Crippen MR) is 235 cm³/mol. The van der Waals surface area contributed by atoms with Crippen LogP contribution < -0.4 is 0 Å². The summed E-state index contributed by atoms with van der Waals surface area (Å²) in [6.07, 6.45) is 18.6. The maximum atomic E-state index is 2.80. The molecule has 0 aromatic heterocycles. The molecule has 0 radical (unpaired) electrons. The molecule has 54 heavy (non-hydrogen) atoms. The van der Waals surface area contributed by atoms with Gasteiger partial charge in [-0.3, -0.25) is 0 Å². The third-order valence-electron chi connectivity index (χ3n) is 15.4. The van der Waals surface area contributed by atoms with Crippen molar-refractivity contribution in [2.24, 2.45) is 11.8 Å². The Bertz CT molecular complexity index is 2070. The van der Waals surface area contributed by atoms with Crippen molar-refractivity contribution in [1.82, 2.24) is 0 Å². The maximum absolute atomic E-state index is 2.80. The average molecular weight is 751 g/mol. The van der Waals surface area contributed by atoms with Gasteiger partial charge < -0.3 is 0 Å². The minimum Gasteiger partial charge on any atom is -0.0925 e. The normalized spacial score (nSPS) is 30.1. The fourth-order valence-electron chi connectivity index (χ4n) is 13.1. The van der Waals surface area contributed by atoms with Gasteiger partial charge in [0.1, 0.15) is 0 Å². The van der Waals surface area contributed by atoms with Crippen molar-refractivity contribution in [2.75, 3.05) is 6.16 Å². The molecule has 10 rings (SSSR count). The van der Waals surface area contributed by atoms with Crippen LogP contribution in [0.15, 0.2) is 72.8 Å². The van der Waals surface area contributed by atoms with E-state index < -0.39 is 0 Å². The summed E-state index contributed by atoms with van der Waals surface area (Å²) < 4.78 is 0. The second-order valence-electron chi connectivity index (χ2n) is 20.3. The van der Waals surface area contributed by atoms with Gasteiger partial charge >= 0.3 is 0 Å². The third-order valence-corrected chi connectivity index (χ3v) is 23.3. The largest absolute Gasteiger partial charge is 0.0925 e. The highest BCUT2D eigenvalue weighted by atomic mass is 31.1. The van der Waals surface area contributed by atoms with Crippen LogP contribution in [0.3, 0.4) is 0 Å². The summed E-state index contributed by atoms with van der Waals surface area (Å²) in [5.41, 5.74) is 22.3. The number of rotatable bonds is 1. The molecule has 0 saturated carbocycles. The molecule has 4 aliphatic carbocycles. The van der Waals surface area contributed by atoms with Crippen LogP contribution in [0.2, 0.25) is 0 Å². The Labute approximate surface area is 330 Å². The van der Waals surface area contributed by atoms with Gasteiger partial charge in [0.25, 0.3) is 0 Å². The van der Waals surface area contributed by atoms with Crippen LogP contribution in [0.4, 0.5) is 0 Å². The summed E-state index contributed by atoms with van der Waals surface area (Å²) in [6.45, 7) is 16.0. The van der Waals surface area contributed by atoms with Crippen LogP contribution in [0.1, 0.15) is 164 Å². The highest BCUT2D eigenvalue weighted by Crippen LogP contribution is 2.77. The molecule has 0 saturated heterocycles. The molecule has 0 bridgehead atoms. The first-order valence-corrected chi connectivity index (χ1v) is 25.2. The second-order valence-corrected chi connectivity index (χ2v) is 26.7. The Hall–Kier alpha value is -2.26. The molecule has 2 heteroatoms. The van der Waals surface area contributed by atoms with Gasteiger partial charge in [0, 0.05) is 17.5 Å². The van der Waals surface area contributed by atoms with Gasteiger partial charge in [-0.15, -0.1) is 0 Å². The second kappa shape index (κ2) is 13.7. The molecule has 4 aromatic carbocycles. The molecular formula is C52H64P2. The standard InChI is InChI=1S/C52H64P2/c1-51(2,3)53-31-37-25-23-33-15-7-11-19-39(33)45(37)47-41-21-13-9-17-35(41)27-29-43(47)49(53)50-44-30-28-36-18-10-14-22-42(36)48(44)46-38(32-54(50)52(4,5)6)26-24-34-16-8-12-20-40(34)46/h7,10-11,14-15,18-19,22,24,26-27,29,37,44-45,48-50H,8-9,12-13,16-17,20-21,23,25,28,30-32H2,1-6H3/t37-,44+,45?,48?,49?,50-,53+,54+/m0/s1. The van der Waals surface area contributed by atoms with Crippen LogP contribution in [-0.2, 0) is 44.7 Å². The molecule has 0 amide bonds. The summed E-state index contributed by atoms with van der Waals surface area (Å²) in [4.78, 5) is 0. The van der Waals surface area contributed by atoms with E-state index in [1.807, 2.05) is 16.7 Å². The molecule has 0 fully saturated rings. The molecule has 2 aliphatic heterocycles. The van der Waals surface area contributed by atoms with Gasteiger partial charge in [-0.05, 0) is 184 Å². The lowest BCUT2D eigenvalue weighted by Crippen LogP contribution is -2.38. The smallest absolute Gasteiger partial charge is 0.0132 e. The van der Waals surface area contributed by atoms with Gasteiger partial charge in [0.05, 0.1) is 0 Å². The Morgan fingerprint density at radius 2 is 1.04 bits per heavy atom. The molecular weight excluding hydrogens is 687 g/mol. The van der Waals surface area contributed by atoms with Crippen LogP contribution in [-0.4, -0.2) is 22.1 Å². The Balaban J connectivity index is 1.27.